The van der Waals surface area contributed by atoms with E-state index in [1.807, 2.05) is 55.7 Å². The number of carboxylic acid groups (broad SMARTS) is 1. The van der Waals surface area contributed by atoms with E-state index in [0.717, 1.165) is 50.0 Å². The molecule has 4 aromatic rings. The summed E-state index contributed by atoms with van der Waals surface area (Å²) in [5.74, 6) is 0. The van der Waals surface area contributed by atoms with Crippen LogP contribution in [0, 0.1) is 6.92 Å². The van der Waals surface area contributed by atoms with Gasteiger partial charge in [0.05, 0.1) is 19.3 Å². The van der Waals surface area contributed by atoms with Crippen LogP contribution in [0.15, 0.2) is 60.9 Å². The number of aromatic amines is 1. The van der Waals surface area contributed by atoms with Crippen molar-refractivity contribution in [1.29, 1.82) is 0 Å². The number of carbonyl (C=O) groups excluding carboxylic acids is 1. The molecular formula is C30H30N4O5. The highest BCUT2D eigenvalue weighted by atomic mass is 16.6. The van der Waals surface area contributed by atoms with Crippen molar-refractivity contribution < 1.29 is 24.2 Å². The number of ether oxygens (including phenoxy) is 2. The van der Waals surface area contributed by atoms with Gasteiger partial charge in [-0.15, -0.1) is 0 Å². The summed E-state index contributed by atoms with van der Waals surface area (Å²) < 4.78 is 11.4. The van der Waals surface area contributed by atoms with Crippen molar-refractivity contribution in [3.05, 3.63) is 88.7 Å². The minimum absolute atomic E-state index is 0.201. The Balaban J connectivity index is 1.36. The summed E-state index contributed by atoms with van der Waals surface area (Å²) >= 11 is 0. The summed E-state index contributed by atoms with van der Waals surface area (Å²) in [5.41, 5.74) is 7.69. The van der Waals surface area contributed by atoms with Gasteiger partial charge >= 0.3 is 12.2 Å². The number of amides is 2. The van der Waals surface area contributed by atoms with Gasteiger partial charge in [0.2, 0.25) is 0 Å². The van der Waals surface area contributed by atoms with Crippen LogP contribution in [-0.4, -0.2) is 63.4 Å². The van der Waals surface area contributed by atoms with Crippen molar-refractivity contribution in [2.24, 2.45) is 0 Å². The van der Waals surface area contributed by atoms with Crippen LogP contribution in [0.1, 0.15) is 33.9 Å². The Labute approximate surface area is 226 Å². The maximum atomic E-state index is 13.0. The molecule has 0 saturated carbocycles. The number of carbonyl (C=O) groups is 2. The Morgan fingerprint density at radius 1 is 1.15 bits per heavy atom. The number of pyridine rings is 1. The molecule has 2 aliphatic rings. The molecule has 1 unspecified atom stereocenters. The Hall–Kier alpha value is -4.37. The van der Waals surface area contributed by atoms with E-state index < -0.39 is 12.1 Å². The standard InChI is InChI=1S/C30H30N4O5/c1-19-14-31-28-24(19)13-23(15-32-28)22-11-21-7-8-33(30(37)39-17-20-5-3-2-4-6-20)16-26(21)25(12-22)27-18-38-10-9-34(27)29(35)36/h2-6,11-15,27H,7-10,16-18H2,1H3,(H,31,32)(H,35,36). The van der Waals surface area contributed by atoms with Crippen LogP contribution in [-0.2, 0) is 29.0 Å². The minimum atomic E-state index is -0.983. The SMILES string of the molecule is Cc1c[nH]c2ncc(-c3cc4c(c(C5COCCN5C(=O)O)c3)CN(C(=O)OCc3ccccc3)CC4)cc12. The molecule has 0 bridgehead atoms. The Morgan fingerprint density at radius 2 is 2.00 bits per heavy atom. The fraction of sp³-hybridized carbons (Fsp3) is 0.300. The van der Waals surface area contributed by atoms with Gasteiger partial charge in [-0.2, -0.15) is 0 Å². The van der Waals surface area contributed by atoms with Gasteiger partial charge in [-0.25, -0.2) is 14.6 Å². The molecule has 0 aliphatic carbocycles. The van der Waals surface area contributed by atoms with Crippen molar-refractivity contribution in [3.63, 3.8) is 0 Å². The monoisotopic (exact) mass is 526 g/mol. The first-order chi connectivity index (χ1) is 19.0. The number of fused-ring (bicyclic) bond motifs is 2. The van der Waals surface area contributed by atoms with Crippen LogP contribution in [0.3, 0.4) is 0 Å². The molecule has 2 amide bonds. The number of morpholine rings is 1. The third kappa shape index (κ3) is 4.93. The third-order valence-corrected chi connectivity index (χ3v) is 7.64. The Bertz CT molecular complexity index is 1530. The molecular weight excluding hydrogens is 496 g/mol. The molecule has 0 spiro atoms. The average Bonchev–Trinajstić information content (AvgIpc) is 3.35. The Morgan fingerprint density at radius 3 is 2.82 bits per heavy atom. The lowest BCUT2D eigenvalue weighted by Gasteiger charge is -2.37. The Kier molecular flexibility index (Phi) is 6.66. The summed E-state index contributed by atoms with van der Waals surface area (Å²) in [5, 5.41) is 11.0. The molecule has 1 atom stereocenters. The second-order valence-corrected chi connectivity index (χ2v) is 10.1. The van der Waals surface area contributed by atoms with Crippen molar-refractivity contribution in [1.82, 2.24) is 19.8 Å². The van der Waals surface area contributed by atoms with Gasteiger partial charge in [0.25, 0.3) is 0 Å². The molecule has 9 nitrogen and oxygen atoms in total. The number of hydrogen-bond donors (Lipinski definition) is 2. The van der Waals surface area contributed by atoms with Crippen LogP contribution < -0.4 is 0 Å². The molecule has 4 heterocycles. The maximum absolute atomic E-state index is 13.0. The number of nitrogens with one attached hydrogen (secondary N) is 1. The zero-order chi connectivity index (χ0) is 26.9. The number of hydrogen-bond acceptors (Lipinski definition) is 5. The number of H-pyrrole nitrogens is 1. The van der Waals surface area contributed by atoms with Gasteiger partial charge in [-0.05, 0) is 58.9 Å². The lowest BCUT2D eigenvalue weighted by atomic mass is 9.87. The van der Waals surface area contributed by atoms with E-state index in [1.54, 1.807) is 4.90 Å². The summed E-state index contributed by atoms with van der Waals surface area (Å²) in [6, 6.07) is 15.4. The summed E-state index contributed by atoms with van der Waals surface area (Å²) in [7, 11) is 0. The minimum Gasteiger partial charge on any atom is -0.465 e. The number of aryl methyl sites for hydroxylation is 1. The molecule has 2 N–H and O–H groups in total. The van der Waals surface area contributed by atoms with Gasteiger partial charge in [0, 0.05) is 43.0 Å². The highest BCUT2D eigenvalue weighted by molar-refractivity contribution is 5.84. The van der Waals surface area contributed by atoms with E-state index in [9.17, 15) is 14.7 Å². The van der Waals surface area contributed by atoms with Gasteiger partial charge in [-0.1, -0.05) is 36.4 Å². The molecule has 0 radical (unpaired) electrons. The fourth-order valence-corrected chi connectivity index (χ4v) is 5.51. The predicted molar refractivity (Wildman–Crippen MR) is 145 cm³/mol. The van der Waals surface area contributed by atoms with E-state index >= 15 is 0 Å². The van der Waals surface area contributed by atoms with Gasteiger partial charge < -0.3 is 24.5 Å². The van der Waals surface area contributed by atoms with Gasteiger partial charge in [0.1, 0.15) is 12.3 Å². The van der Waals surface area contributed by atoms with E-state index in [4.69, 9.17) is 9.47 Å². The van der Waals surface area contributed by atoms with Crippen molar-refractivity contribution in [2.75, 3.05) is 26.3 Å². The van der Waals surface area contributed by atoms with Crippen LogP contribution in [0.5, 0.6) is 0 Å². The predicted octanol–water partition coefficient (Wildman–Crippen LogP) is 5.28. The molecule has 2 aliphatic heterocycles. The summed E-state index contributed by atoms with van der Waals surface area (Å²) in [6.07, 6.45) is 3.05. The summed E-state index contributed by atoms with van der Waals surface area (Å²) in [6.45, 7) is 4.01. The highest BCUT2D eigenvalue weighted by Crippen LogP contribution is 2.37. The van der Waals surface area contributed by atoms with Crippen molar-refractivity contribution >= 4 is 23.2 Å². The fourth-order valence-electron chi connectivity index (χ4n) is 5.51. The van der Waals surface area contributed by atoms with E-state index in [-0.39, 0.29) is 25.9 Å². The largest absolute Gasteiger partial charge is 0.465 e. The summed E-state index contributed by atoms with van der Waals surface area (Å²) in [4.78, 5) is 36.1. The first kappa shape index (κ1) is 24.9. The van der Waals surface area contributed by atoms with E-state index in [0.29, 0.717) is 26.1 Å². The molecule has 9 heteroatoms. The first-order valence-corrected chi connectivity index (χ1v) is 13.1. The van der Waals surface area contributed by atoms with Crippen LogP contribution in [0.4, 0.5) is 9.59 Å². The second-order valence-electron chi connectivity index (χ2n) is 10.1. The van der Waals surface area contributed by atoms with E-state index in [2.05, 4.69) is 22.1 Å². The quantitative estimate of drug-likeness (QED) is 0.374. The number of rotatable bonds is 4. The highest BCUT2D eigenvalue weighted by Gasteiger charge is 2.33. The number of nitrogens with zero attached hydrogens (tertiary/aromatic N) is 3. The molecule has 6 rings (SSSR count). The number of aromatic nitrogens is 2. The smallest absolute Gasteiger partial charge is 0.410 e. The van der Waals surface area contributed by atoms with Gasteiger partial charge in [0.15, 0.2) is 0 Å². The molecule has 200 valence electrons. The molecule has 1 fully saturated rings. The normalized spacial score (nSPS) is 17.2. The molecule has 1 saturated heterocycles. The first-order valence-electron chi connectivity index (χ1n) is 13.1. The second kappa shape index (κ2) is 10.4. The lowest BCUT2D eigenvalue weighted by Crippen LogP contribution is -2.44. The zero-order valence-corrected chi connectivity index (χ0v) is 21.7. The van der Waals surface area contributed by atoms with Crippen LogP contribution >= 0.6 is 0 Å². The lowest BCUT2D eigenvalue weighted by molar-refractivity contribution is -0.00150. The molecule has 39 heavy (non-hydrogen) atoms. The topological polar surface area (TPSA) is 108 Å². The number of benzene rings is 2. The van der Waals surface area contributed by atoms with Crippen molar-refractivity contribution in [2.45, 2.75) is 32.5 Å². The van der Waals surface area contributed by atoms with Gasteiger partial charge in [-0.3, -0.25) is 4.90 Å². The van der Waals surface area contributed by atoms with Crippen molar-refractivity contribution in [3.8, 4) is 11.1 Å². The molecule has 2 aromatic carbocycles. The average molecular weight is 527 g/mol. The van der Waals surface area contributed by atoms with Crippen LogP contribution in [0.2, 0.25) is 0 Å². The maximum Gasteiger partial charge on any atom is 0.410 e. The molecule has 2 aromatic heterocycles. The third-order valence-electron chi connectivity index (χ3n) is 7.64. The van der Waals surface area contributed by atoms with E-state index in [1.165, 1.54) is 4.90 Å². The zero-order valence-electron chi connectivity index (χ0n) is 21.7. The van der Waals surface area contributed by atoms with Crippen LogP contribution in [0.25, 0.3) is 22.2 Å².